The minimum absolute atomic E-state index is 0.384. The number of hydrogen-bond acceptors (Lipinski definition) is 6. The molecule has 0 unspecified atom stereocenters. The maximum atomic E-state index is 11.3. The highest BCUT2D eigenvalue weighted by atomic mass is 32.2. The first kappa shape index (κ1) is 21.8. The molecule has 32 heavy (non-hydrogen) atoms. The van der Waals surface area contributed by atoms with Gasteiger partial charge in [-0.3, -0.25) is 14.7 Å². The van der Waals surface area contributed by atoms with Crippen molar-refractivity contribution in [3.8, 4) is 11.5 Å². The van der Waals surface area contributed by atoms with Crippen molar-refractivity contribution in [3.05, 3.63) is 65.6 Å². The van der Waals surface area contributed by atoms with E-state index < -0.39 is 10.2 Å². The molecule has 4 aromatic rings. The van der Waals surface area contributed by atoms with Crippen LogP contribution in [0.5, 0.6) is 11.5 Å². The summed E-state index contributed by atoms with van der Waals surface area (Å²) in [6.07, 6.45) is 5.09. The third-order valence-corrected chi connectivity index (χ3v) is 5.80. The number of anilines is 1. The number of nitrogens with two attached hydrogens (primary N) is 1. The van der Waals surface area contributed by atoms with E-state index in [2.05, 4.69) is 21.6 Å². The molecule has 0 aliphatic heterocycles. The third-order valence-electron chi connectivity index (χ3n) is 5.28. The Hall–Kier alpha value is -3.43. The molecule has 0 spiro atoms. The van der Waals surface area contributed by atoms with Gasteiger partial charge in [0.2, 0.25) is 0 Å². The molecule has 0 saturated heterocycles. The molecule has 166 valence electrons. The summed E-state index contributed by atoms with van der Waals surface area (Å²) in [4.78, 5) is 9.18. The number of methoxy groups -OCH3 is 2. The smallest absolute Gasteiger partial charge is 0.296 e. The Morgan fingerprint density at radius 2 is 1.69 bits per heavy atom. The fourth-order valence-corrected chi connectivity index (χ4v) is 4.28. The van der Waals surface area contributed by atoms with Gasteiger partial charge in [-0.25, -0.2) is 5.14 Å². The normalized spacial score (nSPS) is 11.6. The topological polar surface area (TPSA) is 116 Å². The molecule has 2 heterocycles. The van der Waals surface area contributed by atoms with Crippen molar-refractivity contribution in [3.63, 3.8) is 0 Å². The fraction of sp³-hybridized carbons (Fsp3) is 0.217. The first-order valence-electron chi connectivity index (χ1n) is 10.0. The second kappa shape index (κ2) is 8.60. The number of rotatable bonds is 7. The van der Waals surface area contributed by atoms with Gasteiger partial charge >= 0.3 is 0 Å². The van der Waals surface area contributed by atoms with E-state index >= 15 is 0 Å². The number of pyridine rings is 2. The predicted octanol–water partition coefficient (Wildman–Crippen LogP) is 3.57. The van der Waals surface area contributed by atoms with E-state index in [-0.39, 0.29) is 0 Å². The summed E-state index contributed by atoms with van der Waals surface area (Å²) >= 11 is 0. The van der Waals surface area contributed by atoms with E-state index in [1.165, 1.54) is 0 Å². The van der Waals surface area contributed by atoms with Gasteiger partial charge in [-0.15, -0.1) is 0 Å². The minimum atomic E-state index is -3.85. The number of ether oxygens (including phenoxy) is 2. The summed E-state index contributed by atoms with van der Waals surface area (Å²) in [5, 5.41) is 7.95. The Morgan fingerprint density at radius 3 is 2.34 bits per heavy atom. The van der Waals surface area contributed by atoms with Crippen molar-refractivity contribution < 1.29 is 17.9 Å². The zero-order chi connectivity index (χ0) is 22.9. The van der Waals surface area contributed by atoms with Crippen molar-refractivity contribution in [1.82, 2.24) is 9.97 Å². The fourth-order valence-electron chi connectivity index (χ4n) is 3.82. The summed E-state index contributed by atoms with van der Waals surface area (Å²) < 4.78 is 36.0. The van der Waals surface area contributed by atoms with Gasteiger partial charge in [0.15, 0.2) is 11.5 Å². The second-order valence-electron chi connectivity index (χ2n) is 7.41. The van der Waals surface area contributed by atoms with Gasteiger partial charge in [0, 0.05) is 35.3 Å². The van der Waals surface area contributed by atoms with Crippen LogP contribution in [0.2, 0.25) is 0 Å². The van der Waals surface area contributed by atoms with E-state index in [9.17, 15) is 8.42 Å². The molecule has 2 aromatic carbocycles. The SMILES string of the molecule is CCc1ncc(Cc2cnc3ccc(NS(N)(=O)=O)cc3c2)c2cc(OC)c(OC)cc12. The molecule has 0 aliphatic rings. The second-order valence-corrected chi connectivity index (χ2v) is 8.71. The highest BCUT2D eigenvalue weighted by Crippen LogP contribution is 2.35. The van der Waals surface area contributed by atoms with Gasteiger partial charge in [0.25, 0.3) is 10.2 Å². The van der Waals surface area contributed by atoms with E-state index in [1.54, 1.807) is 32.4 Å². The highest BCUT2D eigenvalue weighted by Gasteiger charge is 2.14. The van der Waals surface area contributed by atoms with Gasteiger partial charge < -0.3 is 9.47 Å². The number of benzene rings is 2. The van der Waals surface area contributed by atoms with Crippen LogP contribution in [0.25, 0.3) is 21.7 Å². The highest BCUT2D eigenvalue weighted by molar-refractivity contribution is 7.90. The van der Waals surface area contributed by atoms with Crippen molar-refractivity contribution in [2.75, 3.05) is 18.9 Å². The molecule has 9 heteroatoms. The molecule has 0 saturated carbocycles. The van der Waals surface area contributed by atoms with Crippen LogP contribution in [-0.2, 0) is 23.1 Å². The molecular weight excluding hydrogens is 428 g/mol. The Bertz CT molecular complexity index is 1420. The number of aromatic nitrogens is 2. The zero-order valence-corrected chi connectivity index (χ0v) is 18.9. The van der Waals surface area contributed by atoms with Crippen molar-refractivity contribution >= 4 is 37.6 Å². The summed E-state index contributed by atoms with van der Waals surface area (Å²) in [5.74, 6) is 1.32. The van der Waals surface area contributed by atoms with Crippen LogP contribution < -0.4 is 19.3 Å². The van der Waals surface area contributed by atoms with E-state index in [1.807, 2.05) is 30.6 Å². The molecule has 8 nitrogen and oxygen atoms in total. The Kier molecular flexibility index (Phi) is 5.86. The van der Waals surface area contributed by atoms with Gasteiger partial charge in [-0.05, 0) is 59.3 Å². The van der Waals surface area contributed by atoms with E-state index in [0.29, 0.717) is 23.6 Å². The lowest BCUT2D eigenvalue weighted by molar-refractivity contribution is 0.356. The maximum absolute atomic E-state index is 11.3. The number of fused-ring (bicyclic) bond motifs is 2. The lowest BCUT2D eigenvalue weighted by atomic mass is 9.98. The lowest BCUT2D eigenvalue weighted by Crippen LogP contribution is -2.21. The summed E-state index contributed by atoms with van der Waals surface area (Å²) in [6, 6.07) is 11.0. The van der Waals surface area contributed by atoms with Gasteiger partial charge in [0.1, 0.15) is 0 Å². The van der Waals surface area contributed by atoms with Gasteiger partial charge in [-0.1, -0.05) is 6.92 Å². The molecular formula is C23H24N4O4S. The van der Waals surface area contributed by atoms with Crippen molar-refractivity contribution in [2.45, 2.75) is 19.8 Å². The molecule has 2 aromatic heterocycles. The average Bonchev–Trinajstić information content (AvgIpc) is 2.77. The van der Waals surface area contributed by atoms with Gasteiger partial charge in [0.05, 0.1) is 25.4 Å². The minimum Gasteiger partial charge on any atom is -0.493 e. The number of hydrogen-bond donors (Lipinski definition) is 2. The van der Waals surface area contributed by atoms with E-state index in [0.717, 1.165) is 44.9 Å². The molecule has 0 aliphatic carbocycles. The maximum Gasteiger partial charge on any atom is 0.296 e. The quantitative estimate of drug-likeness (QED) is 0.443. The van der Waals surface area contributed by atoms with Crippen molar-refractivity contribution in [2.24, 2.45) is 5.14 Å². The Morgan fingerprint density at radius 1 is 0.969 bits per heavy atom. The van der Waals surface area contributed by atoms with Crippen LogP contribution in [0.15, 0.2) is 48.8 Å². The molecule has 3 N–H and O–H groups in total. The first-order valence-corrected chi connectivity index (χ1v) is 11.6. The number of nitrogens with zero attached hydrogens (tertiary/aromatic N) is 2. The van der Waals surface area contributed by atoms with Crippen LogP contribution in [0, 0.1) is 0 Å². The summed E-state index contributed by atoms with van der Waals surface area (Å²) in [6.45, 7) is 2.07. The lowest BCUT2D eigenvalue weighted by Gasteiger charge is -2.14. The summed E-state index contributed by atoms with van der Waals surface area (Å²) in [5.41, 5.74) is 4.12. The average molecular weight is 453 g/mol. The zero-order valence-electron chi connectivity index (χ0n) is 18.0. The monoisotopic (exact) mass is 452 g/mol. The van der Waals surface area contributed by atoms with Crippen LogP contribution >= 0.6 is 0 Å². The number of nitrogens with one attached hydrogen (secondary N) is 1. The Balaban J connectivity index is 1.78. The first-order chi connectivity index (χ1) is 15.3. The Labute approximate surface area is 186 Å². The molecule has 0 bridgehead atoms. The molecule has 4 rings (SSSR count). The summed E-state index contributed by atoms with van der Waals surface area (Å²) in [7, 11) is -0.614. The largest absolute Gasteiger partial charge is 0.493 e. The molecule has 0 amide bonds. The standard InChI is InChI=1S/C23H24N4O4S/c1-4-20-19-11-23(31-3)22(30-2)10-18(19)16(13-26-20)8-14-7-15-9-17(27-32(24,28)29)5-6-21(15)25-12-14/h5-7,9-13,27H,4,8H2,1-3H3,(H2,24,28,29). The van der Waals surface area contributed by atoms with Crippen LogP contribution in [-0.4, -0.2) is 32.6 Å². The van der Waals surface area contributed by atoms with Crippen molar-refractivity contribution in [1.29, 1.82) is 0 Å². The van der Waals surface area contributed by atoms with Crippen LogP contribution in [0.1, 0.15) is 23.7 Å². The molecule has 0 atom stereocenters. The molecule has 0 radical (unpaired) electrons. The molecule has 0 fully saturated rings. The van der Waals surface area contributed by atoms with Crippen LogP contribution in [0.4, 0.5) is 5.69 Å². The number of aryl methyl sites for hydroxylation is 1. The van der Waals surface area contributed by atoms with Crippen LogP contribution in [0.3, 0.4) is 0 Å². The predicted molar refractivity (Wildman–Crippen MR) is 126 cm³/mol. The van der Waals surface area contributed by atoms with E-state index in [4.69, 9.17) is 14.6 Å². The van der Waals surface area contributed by atoms with Gasteiger partial charge in [-0.2, -0.15) is 8.42 Å². The third kappa shape index (κ3) is 4.44.